The van der Waals surface area contributed by atoms with E-state index in [9.17, 15) is 0 Å². The molecule has 0 saturated heterocycles. The van der Waals surface area contributed by atoms with E-state index in [1.807, 2.05) is 6.07 Å². The number of hydrogen-bond donors (Lipinski definition) is 1. The summed E-state index contributed by atoms with van der Waals surface area (Å²) < 4.78 is 10.9. The van der Waals surface area contributed by atoms with Gasteiger partial charge in [0.1, 0.15) is 5.75 Å². The molecule has 4 nitrogen and oxygen atoms in total. The Balaban J connectivity index is 2.73. The van der Waals surface area contributed by atoms with Crippen molar-refractivity contribution in [3.8, 4) is 5.75 Å². The van der Waals surface area contributed by atoms with Gasteiger partial charge < -0.3 is 14.8 Å². The van der Waals surface area contributed by atoms with Crippen molar-refractivity contribution < 1.29 is 9.47 Å². The normalized spacial score (nSPS) is 12.4. The Morgan fingerprint density at radius 3 is 2.88 bits per heavy atom. The van der Waals surface area contributed by atoms with Gasteiger partial charge in [-0.25, -0.2) is 0 Å². The summed E-state index contributed by atoms with van der Waals surface area (Å²) in [4.78, 5) is 4.06. The summed E-state index contributed by atoms with van der Waals surface area (Å²) in [6.45, 7) is 6.53. The zero-order valence-electron chi connectivity index (χ0n) is 10.9. The quantitative estimate of drug-likeness (QED) is 0.705. The van der Waals surface area contributed by atoms with Gasteiger partial charge >= 0.3 is 0 Å². The van der Waals surface area contributed by atoms with E-state index in [0.29, 0.717) is 6.61 Å². The van der Waals surface area contributed by atoms with Gasteiger partial charge in [-0.1, -0.05) is 13.8 Å². The standard InChI is InChI=1S/C13H22N2O2/c1-4-8-17-10-12(15-5-2)11-6-7-14-9-13(11)16-3/h6-7,9,12,15H,4-5,8,10H2,1-3H3. The third kappa shape index (κ3) is 4.32. The first-order valence-corrected chi connectivity index (χ1v) is 6.12. The Kier molecular flexibility index (Phi) is 6.58. The summed E-state index contributed by atoms with van der Waals surface area (Å²) >= 11 is 0. The highest BCUT2D eigenvalue weighted by molar-refractivity contribution is 5.32. The average molecular weight is 238 g/mol. The smallest absolute Gasteiger partial charge is 0.142 e. The van der Waals surface area contributed by atoms with Crippen LogP contribution in [0.1, 0.15) is 31.9 Å². The maximum Gasteiger partial charge on any atom is 0.142 e. The van der Waals surface area contributed by atoms with Crippen molar-refractivity contribution in [2.24, 2.45) is 0 Å². The van der Waals surface area contributed by atoms with E-state index in [2.05, 4.69) is 24.1 Å². The number of aromatic nitrogens is 1. The van der Waals surface area contributed by atoms with Crippen LogP contribution < -0.4 is 10.1 Å². The Morgan fingerprint density at radius 2 is 2.24 bits per heavy atom. The van der Waals surface area contributed by atoms with E-state index in [4.69, 9.17) is 9.47 Å². The lowest BCUT2D eigenvalue weighted by atomic mass is 10.1. The molecule has 1 atom stereocenters. The van der Waals surface area contributed by atoms with Crippen molar-refractivity contribution >= 4 is 0 Å². The predicted octanol–water partition coefficient (Wildman–Crippen LogP) is 2.17. The molecular formula is C13H22N2O2. The fraction of sp³-hybridized carbons (Fsp3) is 0.615. The van der Waals surface area contributed by atoms with E-state index in [-0.39, 0.29) is 6.04 Å². The predicted molar refractivity (Wildman–Crippen MR) is 68.3 cm³/mol. The molecule has 0 amide bonds. The van der Waals surface area contributed by atoms with Gasteiger partial charge in [0.15, 0.2) is 0 Å². The van der Waals surface area contributed by atoms with Gasteiger partial charge in [0.2, 0.25) is 0 Å². The second-order valence-electron chi connectivity index (χ2n) is 3.80. The molecule has 0 radical (unpaired) electrons. The van der Waals surface area contributed by atoms with E-state index in [1.165, 1.54) is 0 Å². The van der Waals surface area contributed by atoms with Gasteiger partial charge in [0, 0.05) is 18.4 Å². The molecule has 0 saturated carbocycles. The van der Waals surface area contributed by atoms with Crippen molar-refractivity contribution in [1.29, 1.82) is 0 Å². The number of ether oxygens (including phenoxy) is 2. The van der Waals surface area contributed by atoms with Crippen LogP contribution >= 0.6 is 0 Å². The summed E-state index contributed by atoms with van der Waals surface area (Å²) in [5.74, 6) is 0.804. The number of hydrogen-bond acceptors (Lipinski definition) is 4. The monoisotopic (exact) mass is 238 g/mol. The highest BCUT2D eigenvalue weighted by Crippen LogP contribution is 2.23. The second-order valence-corrected chi connectivity index (χ2v) is 3.80. The molecule has 0 spiro atoms. The summed E-state index contributed by atoms with van der Waals surface area (Å²) in [5.41, 5.74) is 1.10. The molecule has 1 heterocycles. The third-order valence-electron chi connectivity index (χ3n) is 2.50. The van der Waals surface area contributed by atoms with E-state index in [0.717, 1.165) is 30.9 Å². The average Bonchev–Trinajstić information content (AvgIpc) is 2.38. The van der Waals surface area contributed by atoms with Gasteiger partial charge in [-0.3, -0.25) is 4.98 Å². The first kappa shape index (κ1) is 13.9. The summed E-state index contributed by atoms with van der Waals surface area (Å²) in [6, 6.07) is 2.13. The molecule has 0 fully saturated rings. The van der Waals surface area contributed by atoms with Crippen molar-refractivity contribution in [3.05, 3.63) is 24.0 Å². The first-order chi connectivity index (χ1) is 8.33. The molecule has 4 heteroatoms. The van der Waals surface area contributed by atoms with E-state index >= 15 is 0 Å². The molecule has 0 aliphatic rings. The number of nitrogens with zero attached hydrogens (tertiary/aromatic N) is 1. The zero-order chi connectivity index (χ0) is 12.5. The maximum atomic E-state index is 5.61. The topological polar surface area (TPSA) is 43.4 Å². The van der Waals surface area contributed by atoms with E-state index in [1.54, 1.807) is 19.5 Å². The lowest BCUT2D eigenvalue weighted by Crippen LogP contribution is -2.26. The largest absolute Gasteiger partial charge is 0.495 e. The number of likely N-dealkylation sites (N-methyl/N-ethyl adjacent to an activating group) is 1. The lowest BCUT2D eigenvalue weighted by Gasteiger charge is -2.20. The molecule has 0 aliphatic carbocycles. The van der Waals surface area contributed by atoms with Gasteiger partial charge in [-0.15, -0.1) is 0 Å². The lowest BCUT2D eigenvalue weighted by molar-refractivity contribution is 0.111. The second kappa shape index (κ2) is 8.03. The van der Waals surface area contributed by atoms with Crippen LogP contribution in [0.5, 0.6) is 5.75 Å². The number of methoxy groups -OCH3 is 1. The van der Waals surface area contributed by atoms with Crippen LogP contribution in [0.25, 0.3) is 0 Å². The molecule has 1 aromatic rings. The Bertz CT molecular complexity index is 318. The molecule has 1 rings (SSSR count). The number of nitrogens with one attached hydrogen (secondary N) is 1. The maximum absolute atomic E-state index is 5.61. The minimum atomic E-state index is 0.157. The van der Waals surface area contributed by atoms with Gasteiger partial charge in [-0.2, -0.15) is 0 Å². The van der Waals surface area contributed by atoms with Crippen LogP contribution in [0.15, 0.2) is 18.5 Å². The van der Waals surface area contributed by atoms with Gasteiger partial charge in [0.05, 0.1) is 26.0 Å². The number of pyridine rings is 1. The minimum Gasteiger partial charge on any atom is -0.495 e. The Hall–Kier alpha value is -1.13. The minimum absolute atomic E-state index is 0.157. The summed E-state index contributed by atoms with van der Waals surface area (Å²) in [6.07, 6.45) is 4.55. The summed E-state index contributed by atoms with van der Waals surface area (Å²) in [7, 11) is 1.66. The molecule has 17 heavy (non-hydrogen) atoms. The molecule has 1 aromatic heterocycles. The molecule has 1 N–H and O–H groups in total. The van der Waals surface area contributed by atoms with E-state index < -0.39 is 0 Å². The van der Waals surface area contributed by atoms with Crippen LogP contribution in [0.2, 0.25) is 0 Å². The SMILES string of the molecule is CCCOCC(NCC)c1ccncc1OC. The first-order valence-electron chi connectivity index (χ1n) is 6.12. The van der Waals surface area contributed by atoms with Crippen LogP contribution in [0.3, 0.4) is 0 Å². The van der Waals surface area contributed by atoms with Crippen LogP contribution in [-0.4, -0.2) is 31.9 Å². The van der Waals surface area contributed by atoms with Crippen LogP contribution in [0, 0.1) is 0 Å². The Morgan fingerprint density at radius 1 is 1.41 bits per heavy atom. The van der Waals surface area contributed by atoms with Gasteiger partial charge in [-0.05, 0) is 19.0 Å². The molecule has 1 unspecified atom stereocenters. The fourth-order valence-electron chi connectivity index (χ4n) is 1.70. The zero-order valence-corrected chi connectivity index (χ0v) is 10.9. The van der Waals surface area contributed by atoms with Crippen molar-refractivity contribution in [3.63, 3.8) is 0 Å². The van der Waals surface area contributed by atoms with Crippen molar-refractivity contribution in [2.75, 3.05) is 26.9 Å². The van der Waals surface area contributed by atoms with Crippen LogP contribution in [0.4, 0.5) is 0 Å². The number of rotatable bonds is 8. The van der Waals surface area contributed by atoms with Gasteiger partial charge in [0.25, 0.3) is 0 Å². The highest BCUT2D eigenvalue weighted by atomic mass is 16.5. The fourth-order valence-corrected chi connectivity index (χ4v) is 1.70. The van der Waals surface area contributed by atoms with Crippen LogP contribution in [-0.2, 0) is 4.74 Å². The van der Waals surface area contributed by atoms with Crippen molar-refractivity contribution in [1.82, 2.24) is 10.3 Å². The Labute approximate surface area is 103 Å². The molecular weight excluding hydrogens is 216 g/mol. The summed E-state index contributed by atoms with van der Waals surface area (Å²) in [5, 5.41) is 3.40. The molecule has 96 valence electrons. The van der Waals surface area contributed by atoms with Crippen molar-refractivity contribution in [2.45, 2.75) is 26.3 Å². The molecule has 0 aromatic carbocycles. The molecule has 0 bridgehead atoms. The third-order valence-corrected chi connectivity index (χ3v) is 2.50. The highest BCUT2D eigenvalue weighted by Gasteiger charge is 2.15. The molecule has 0 aliphatic heterocycles.